The van der Waals surface area contributed by atoms with Gasteiger partial charge >= 0.3 is 0 Å². The number of aliphatic hydroxyl groups is 11. The van der Waals surface area contributed by atoms with Crippen molar-refractivity contribution in [2.45, 2.75) is 118 Å². The number of hydrogen-bond donors (Lipinski definition) is 11. The van der Waals surface area contributed by atoms with Crippen LogP contribution in [-0.4, -0.2) is 187 Å². The standard InChI is InChI=1S/C22H38O18/c1-5-16(12(29)13(30)19(33)34-5)38-21-15(32)17(10(27)7(3-24)36-21)39-22-18(11(28)8(4-25)37-22)40-20-14(31)9(26)6(2-23)35-20/h5-33H,2-4H2,1H3/t5-,6-,7+,8-,9-,10-,11-,12-,13+,14+,15+,16-,17-,18+,19?,20-,21-,22-/m0/s1. The molecule has 18 heteroatoms. The smallest absolute Gasteiger partial charge is 0.187 e. The van der Waals surface area contributed by atoms with Crippen molar-refractivity contribution in [1.29, 1.82) is 0 Å². The molecule has 40 heavy (non-hydrogen) atoms. The van der Waals surface area contributed by atoms with Gasteiger partial charge in [-0.1, -0.05) is 0 Å². The fourth-order valence-corrected chi connectivity index (χ4v) is 5.09. The van der Waals surface area contributed by atoms with Gasteiger partial charge in [-0.2, -0.15) is 0 Å². The zero-order valence-electron chi connectivity index (χ0n) is 21.3. The van der Waals surface area contributed by atoms with Gasteiger partial charge in [0.1, 0.15) is 79.4 Å². The zero-order chi connectivity index (χ0) is 29.5. The van der Waals surface area contributed by atoms with Crippen molar-refractivity contribution in [3.63, 3.8) is 0 Å². The average Bonchev–Trinajstić information content (AvgIpc) is 3.38. The number of ether oxygens (including phenoxy) is 7. The lowest BCUT2D eigenvalue weighted by molar-refractivity contribution is -0.365. The van der Waals surface area contributed by atoms with Crippen LogP contribution in [0.4, 0.5) is 0 Å². The summed E-state index contributed by atoms with van der Waals surface area (Å²) in [6.45, 7) is -0.746. The van der Waals surface area contributed by atoms with Gasteiger partial charge in [0.2, 0.25) is 0 Å². The van der Waals surface area contributed by atoms with E-state index in [0.29, 0.717) is 0 Å². The molecule has 0 radical (unpaired) electrons. The molecule has 0 aliphatic carbocycles. The molecule has 1 unspecified atom stereocenters. The summed E-state index contributed by atoms with van der Waals surface area (Å²) >= 11 is 0. The van der Waals surface area contributed by atoms with E-state index in [1.165, 1.54) is 6.92 Å². The first-order chi connectivity index (χ1) is 18.9. The Hall–Kier alpha value is -0.720. The number of hydrogen-bond acceptors (Lipinski definition) is 18. The molecule has 0 bridgehead atoms. The van der Waals surface area contributed by atoms with E-state index in [-0.39, 0.29) is 0 Å². The summed E-state index contributed by atoms with van der Waals surface area (Å²) in [6.07, 6.45) is -27.8. The lowest BCUT2D eigenvalue weighted by atomic mass is 9.97. The second-order valence-corrected chi connectivity index (χ2v) is 10.1. The summed E-state index contributed by atoms with van der Waals surface area (Å²) in [6, 6.07) is 0. The Morgan fingerprint density at radius 3 is 1.45 bits per heavy atom. The van der Waals surface area contributed by atoms with Crippen molar-refractivity contribution >= 4 is 0 Å². The second-order valence-electron chi connectivity index (χ2n) is 10.1. The van der Waals surface area contributed by atoms with Crippen LogP contribution in [-0.2, 0) is 33.2 Å². The van der Waals surface area contributed by atoms with E-state index in [1.54, 1.807) is 0 Å². The van der Waals surface area contributed by atoms with Gasteiger partial charge < -0.3 is 89.3 Å². The molecule has 4 heterocycles. The molecule has 11 N–H and O–H groups in total. The fourth-order valence-electron chi connectivity index (χ4n) is 5.09. The zero-order valence-corrected chi connectivity index (χ0v) is 21.3. The van der Waals surface area contributed by atoms with E-state index in [1.807, 2.05) is 0 Å². The van der Waals surface area contributed by atoms with Crippen LogP contribution >= 0.6 is 0 Å². The normalized spacial score (nSPS) is 53.7. The predicted molar refractivity (Wildman–Crippen MR) is 120 cm³/mol. The first-order valence-electron chi connectivity index (χ1n) is 12.8. The maximum absolute atomic E-state index is 11.0. The van der Waals surface area contributed by atoms with Crippen LogP contribution in [0.5, 0.6) is 0 Å². The van der Waals surface area contributed by atoms with E-state index < -0.39 is 130 Å². The van der Waals surface area contributed by atoms with E-state index >= 15 is 0 Å². The lowest BCUT2D eigenvalue weighted by Gasteiger charge is -2.46. The molecule has 0 saturated carbocycles. The molecule has 0 aromatic heterocycles. The third kappa shape index (κ3) is 6.16. The highest BCUT2D eigenvalue weighted by Gasteiger charge is 2.55. The SMILES string of the molecule is C[C@@H]1OC(O)[C@H](O)[C@H](O)[C@H]1O[C@@H]1O[C@H](CO)[C@H](O)[C@H](O[C@@H]2O[C@@H](CO)[C@H](O)[C@H]2O[C@@H]2O[C@@H](CO)[C@H](O)[C@H]2O)[C@H]1O. The second kappa shape index (κ2) is 13.3. The summed E-state index contributed by atoms with van der Waals surface area (Å²) in [5.41, 5.74) is 0. The Morgan fingerprint density at radius 2 is 0.900 bits per heavy atom. The Kier molecular flexibility index (Phi) is 10.7. The molecular formula is C22H38O18. The third-order valence-electron chi connectivity index (χ3n) is 7.46. The molecule has 0 spiro atoms. The van der Waals surface area contributed by atoms with Crippen molar-refractivity contribution in [3.05, 3.63) is 0 Å². The molecule has 18 nitrogen and oxygen atoms in total. The molecule has 4 rings (SSSR count). The van der Waals surface area contributed by atoms with Gasteiger partial charge in [0.25, 0.3) is 0 Å². The molecule has 234 valence electrons. The van der Waals surface area contributed by atoms with Crippen LogP contribution in [0.25, 0.3) is 0 Å². The Bertz CT molecular complexity index is 808. The maximum atomic E-state index is 11.0. The lowest BCUT2D eigenvalue weighted by Crippen LogP contribution is -2.64. The van der Waals surface area contributed by atoms with Crippen LogP contribution in [0.1, 0.15) is 6.92 Å². The van der Waals surface area contributed by atoms with Crippen LogP contribution in [0.3, 0.4) is 0 Å². The average molecular weight is 591 g/mol. The summed E-state index contributed by atoms with van der Waals surface area (Å²) in [5.74, 6) is 0. The Morgan fingerprint density at radius 1 is 0.450 bits per heavy atom. The van der Waals surface area contributed by atoms with Crippen LogP contribution in [0, 0.1) is 0 Å². The van der Waals surface area contributed by atoms with Crippen LogP contribution < -0.4 is 0 Å². The van der Waals surface area contributed by atoms with Gasteiger partial charge in [0.15, 0.2) is 25.2 Å². The van der Waals surface area contributed by atoms with Gasteiger partial charge in [-0.25, -0.2) is 0 Å². The quantitative estimate of drug-likeness (QED) is 0.119. The number of rotatable bonds is 9. The van der Waals surface area contributed by atoms with Crippen molar-refractivity contribution in [1.82, 2.24) is 0 Å². The molecule has 4 aliphatic rings. The van der Waals surface area contributed by atoms with E-state index in [4.69, 9.17) is 33.2 Å². The minimum Gasteiger partial charge on any atom is -0.394 e. The third-order valence-corrected chi connectivity index (χ3v) is 7.46. The number of aliphatic hydroxyl groups excluding tert-OH is 11. The summed E-state index contributed by atoms with van der Waals surface area (Å²) in [4.78, 5) is 0. The minimum absolute atomic E-state index is 0.652. The van der Waals surface area contributed by atoms with E-state index in [9.17, 15) is 56.2 Å². The molecule has 0 amide bonds. The summed E-state index contributed by atoms with van der Waals surface area (Å²) in [5, 5.41) is 111. The largest absolute Gasteiger partial charge is 0.394 e. The van der Waals surface area contributed by atoms with Gasteiger partial charge in [0, 0.05) is 0 Å². The monoisotopic (exact) mass is 590 g/mol. The highest BCUT2D eigenvalue weighted by molar-refractivity contribution is 4.97. The van der Waals surface area contributed by atoms with Crippen molar-refractivity contribution < 1.29 is 89.3 Å². The van der Waals surface area contributed by atoms with Gasteiger partial charge in [-0.05, 0) is 6.92 Å². The van der Waals surface area contributed by atoms with Crippen molar-refractivity contribution in [3.8, 4) is 0 Å². The summed E-state index contributed by atoms with van der Waals surface area (Å²) in [7, 11) is 0. The predicted octanol–water partition coefficient (Wildman–Crippen LogP) is -7.44. The topological polar surface area (TPSA) is 287 Å². The molecule has 18 atom stereocenters. The molecule has 0 aromatic carbocycles. The van der Waals surface area contributed by atoms with Gasteiger partial charge in [-0.3, -0.25) is 0 Å². The minimum atomic E-state index is -1.86. The maximum Gasteiger partial charge on any atom is 0.187 e. The van der Waals surface area contributed by atoms with Crippen molar-refractivity contribution in [2.24, 2.45) is 0 Å². The highest BCUT2D eigenvalue weighted by atomic mass is 16.8. The molecule has 4 saturated heterocycles. The summed E-state index contributed by atoms with van der Waals surface area (Å²) < 4.78 is 38.2. The van der Waals surface area contributed by atoms with Crippen LogP contribution in [0.2, 0.25) is 0 Å². The van der Waals surface area contributed by atoms with Crippen LogP contribution in [0.15, 0.2) is 0 Å². The highest BCUT2D eigenvalue weighted by Crippen LogP contribution is 2.35. The molecule has 4 aliphatic heterocycles. The van der Waals surface area contributed by atoms with Gasteiger partial charge in [-0.15, -0.1) is 0 Å². The Balaban J connectivity index is 1.51. The Labute approximate surface area is 227 Å². The first-order valence-corrected chi connectivity index (χ1v) is 12.8. The molecule has 0 aromatic rings. The van der Waals surface area contributed by atoms with Crippen molar-refractivity contribution in [2.75, 3.05) is 19.8 Å². The first kappa shape index (κ1) is 32.2. The fraction of sp³-hybridized carbons (Fsp3) is 1.00. The van der Waals surface area contributed by atoms with E-state index in [0.717, 1.165) is 0 Å². The van der Waals surface area contributed by atoms with Gasteiger partial charge in [0.05, 0.1) is 25.9 Å². The molecular weight excluding hydrogens is 552 g/mol. The molecule has 4 fully saturated rings. The van der Waals surface area contributed by atoms with E-state index in [2.05, 4.69) is 0 Å².